The fraction of sp³-hybridized carbons (Fsp3) is 0.464. The Morgan fingerprint density at radius 2 is 1.50 bits per heavy atom. The summed E-state index contributed by atoms with van der Waals surface area (Å²) in [5, 5.41) is 10.0. The molecule has 3 atom stereocenters. The minimum Gasteiger partial charge on any atom is -0.497 e. The van der Waals surface area contributed by atoms with E-state index >= 15 is 0 Å². The number of hydrogen-bond donors (Lipinski definition) is 1. The number of benzene rings is 2. The van der Waals surface area contributed by atoms with E-state index in [0.29, 0.717) is 22.6 Å². The van der Waals surface area contributed by atoms with Crippen molar-refractivity contribution in [2.24, 2.45) is 5.41 Å². The molecule has 3 rings (SSSR count). The third-order valence-corrected chi connectivity index (χ3v) is 6.63. The predicted octanol–water partition coefficient (Wildman–Crippen LogP) is 5.16. The van der Waals surface area contributed by atoms with Crippen LogP contribution in [-0.4, -0.2) is 60.3 Å². The van der Waals surface area contributed by atoms with E-state index in [0.717, 1.165) is 0 Å². The fourth-order valence-corrected chi connectivity index (χ4v) is 4.54. The number of hydrogen-bond acceptors (Lipinski definition) is 6. The second-order valence-corrected chi connectivity index (χ2v) is 10.4. The van der Waals surface area contributed by atoms with Crippen molar-refractivity contribution in [2.45, 2.75) is 58.1 Å². The fourth-order valence-electron chi connectivity index (χ4n) is 4.54. The van der Waals surface area contributed by atoms with E-state index in [1.165, 1.54) is 4.90 Å². The molecule has 2 aromatic rings. The number of carboxylic acid groups (broad SMARTS) is 1. The molecule has 36 heavy (non-hydrogen) atoms. The molecule has 0 aliphatic carbocycles. The van der Waals surface area contributed by atoms with Gasteiger partial charge in [-0.2, -0.15) is 0 Å². The molecule has 0 spiro atoms. The number of Topliss-reactive ketones (excluding diaryl/α,β-unsaturated/α-hetero) is 1. The molecular formula is C28H35NO7. The van der Waals surface area contributed by atoms with Gasteiger partial charge in [-0.3, -0.25) is 9.59 Å². The van der Waals surface area contributed by atoms with E-state index in [1.54, 1.807) is 90.4 Å². The Morgan fingerprint density at radius 3 is 1.97 bits per heavy atom. The number of carbonyl (C=O) groups is 3. The minimum absolute atomic E-state index is 0.0974. The number of likely N-dealkylation sites (tertiary alicyclic amines) is 1. The van der Waals surface area contributed by atoms with Crippen LogP contribution in [0.1, 0.15) is 62.4 Å². The molecule has 1 N–H and O–H groups in total. The maximum Gasteiger partial charge on any atom is 0.410 e. The van der Waals surface area contributed by atoms with Crippen LogP contribution in [0.5, 0.6) is 11.5 Å². The molecule has 1 fully saturated rings. The highest BCUT2D eigenvalue weighted by molar-refractivity contribution is 6.02. The van der Waals surface area contributed by atoms with Crippen molar-refractivity contribution in [1.82, 2.24) is 4.90 Å². The largest absolute Gasteiger partial charge is 0.497 e. The van der Waals surface area contributed by atoms with Gasteiger partial charge in [-0.05, 0) is 82.5 Å². The van der Waals surface area contributed by atoms with E-state index in [2.05, 4.69) is 0 Å². The summed E-state index contributed by atoms with van der Waals surface area (Å²) in [6.07, 6.45) is -0.217. The highest BCUT2D eigenvalue weighted by Crippen LogP contribution is 2.42. The molecule has 2 aromatic carbocycles. The van der Waals surface area contributed by atoms with Crippen LogP contribution in [0.4, 0.5) is 4.79 Å². The summed E-state index contributed by atoms with van der Waals surface area (Å²) in [5.74, 6) is -0.773. The smallest absolute Gasteiger partial charge is 0.410 e. The van der Waals surface area contributed by atoms with E-state index in [-0.39, 0.29) is 25.2 Å². The predicted molar refractivity (Wildman–Crippen MR) is 135 cm³/mol. The lowest BCUT2D eigenvalue weighted by Crippen LogP contribution is -2.55. The van der Waals surface area contributed by atoms with Crippen molar-refractivity contribution in [3.8, 4) is 11.5 Å². The number of methoxy groups -OCH3 is 2. The van der Waals surface area contributed by atoms with Gasteiger partial charge in [-0.15, -0.1) is 0 Å². The average molecular weight is 498 g/mol. The highest BCUT2D eigenvalue weighted by Gasteiger charge is 2.49. The quantitative estimate of drug-likeness (QED) is 0.527. The van der Waals surface area contributed by atoms with Crippen LogP contribution in [0.25, 0.3) is 0 Å². The van der Waals surface area contributed by atoms with E-state index < -0.39 is 35.0 Å². The third-order valence-electron chi connectivity index (χ3n) is 6.63. The lowest BCUT2D eigenvalue weighted by Gasteiger charge is -2.45. The number of ether oxygens (including phenoxy) is 3. The van der Waals surface area contributed by atoms with Gasteiger partial charge < -0.3 is 24.2 Å². The van der Waals surface area contributed by atoms with Crippen molar-refractivity contribution in [3.05, 3.63) is 59.7 Å². The molecule has 1 saturated heterocycles. The molecule has 0 saturated carbocycles. The number of carboxylic acids is 1. The SMILES string of the molecule is COc1ccc(C(=O)C(c2ccc(OC)cc2)C2CC(C)(C(=O)O)CCN2C(=O)OC(C)(C)C)cc1. The summed E-state index contributed by atoms with van der Waals surface area (Å²) < 4.78 is 16.2. The zero-order chi connectivity index (χ0) is 26.7. The first kappa shape index (κ1) is 27.0. The molecule has 1 amide bonds. The van der Waals surface area contributed by atoms with Crippen LogP contribution in [-0.2, 0) is 9.53 Å². The van der Waals surface area contributed by atoms with E-state index in [4.69, 9.17) is 14.2 Å². The number of amides is 1. The van der Waals surface area contributed by atoms with Crippen molar-refractivity contribution >= 4 is 17.8 Å². The Balaban J connectivity index is 2.13. The summed E-state index contributed by atoms with van der Waals surface area (Å²) in [7, 11) is 3.10. The van der Waals surface area contributed by atoms with Gasteiger partial charge in [0.15, 0.2) is 5.78 Å². The van der Waals surface area contributed by atoms with Gasteiger partial charge in [0.05, 0.1) is 31.6 Å². The lowest BCUT2D eigenvalue weighted by molar-refractivity contribution is -0.152. The molecule has 3 unspecified atom stereocenters. The number of nitrogens with zero attached hydrogens (tertiary/aromatic N) is 1. The van der Waals surface area contributed by atoms with Crippen LogP contribution in [0.2, 0.25) is 0 Å². The van der Waals surface area contributed by atoms with Gasteiger partial charge in [-0.1, -0.05) is 12.1 Å². The average Bonchev–Trinajstić information content (AvgIpc) is 2.83. The number of rotatable bonds is 7. The van der Waals surface area contributed by atoms with Gasteiger partial charge in [0, 0.05) is 12.1 Å². The topological polar surface area (TPSA) is 102 Å². The molecule has 1 aliphatic rings. The lowest BCUT2D eigenvalue weighted by atomic mass is 9.71. The third kappa shape index (κ3) is 5.98. The zero-order valence-corrected chi connectivity index (χ0v) is 21.7. The van der Waals surface area contributed by atoms with Crippen LogP contribution < -0.4 is 9.47 Å². The second-order valence-electron chi connectivity index (χ2n) is 10.4. The summed E-state index contributed by atoms with van der Waals surface area (Å²) in [6.45, 7) is 7.14. The standard InChI is InChI=1S/C28H35NO7/c1-27(2,3)36-26(33)29-16-15-28(4,25(31)32)17-22(29)23(18-7-11-20(34-5)12-8-18)24(30)19-9-13-21(35-6)14-10-19/h7-14,22-23H,15-17H2,1-6H3,(H,31,32). The molecular weight excluding hydrogens is 462 g/mol. The van der Waals surface area contributed by atoms with Gasteiger partial charge in [-0.25, -0.2) is 4.79 Å². The van der Waals surface area contributed by atoms with Gasteiger partial charge in [0.25, 0.3) is 0 Å². The van der Waals surface area contributed by atoms with E-state index in [1.807, 2.05) is 0 Å². The molecule has 8 heteroatoms. The van der Waals surface area contributed by atoms with Gasteiger partial charge in [0.1, 0.15) is 17.1 Å². The van der Waals surface area contributed by atoms with Crippen molar-refractivity contribution in [2.75, 3.05) is 20.8 Å². The molecule has 8 nitrogen and oxygen atoms in total. The van der Waals surface area contributed by atoms with Crippen molar-refractivity contribution in [3.63, 3.8) is 0 Å². The number of carbonyl (C=O) groups excluding carboxylic acids is 2. The molecule has 0 aromatic heterocycles. The normalized spacial score (nSPS) is 20.8. The van der Waals surface area contributed by atoms with Crippen molar-refractivity contribution in [1.29, 1.82) is 0 Å². The van der Waals surface area contributed by atoms with Crippen molar-refractivity contribution < 1.29 is 33.7 Å². The zero-order valence-electron chi connectivity index (χ0n) is 21.7. The molecule has 1 heterocycles. The molecule has 0 bridgehead atoms. The maximum absolute atomic E-state index is 14.0. The van der Waals surface area contributed by atoms with Crippen LogP contribution in [0, 0.1) is 5.41 Å². The monoisotopic (exact) mass is 497 g/mol. The molecule has 194 valence electrons. The number of aliphatic carboxylic acids is 1. The summed E-state index contributed by atoms with van der Waals surface area (Å²) in [5.41, 5.74) is -0.757. The first-order valence-corrected chi connectivity index (χ1v) is 11.9. The summed E-state index contributed by atoms with van der Waals surface area (Å²) >= 11 is 0. The van der Waals surface area contributed by atoms with Crippen LogP contribution in [0.3, 0.4) is 0 Å². The first-order chi connectivity index (χ1) is 16.9. The van der Waals surface area contributed by atoms with Gasteiger partial charge >= 0.3 is 12.1 Å². The summed E-state index contributed by atoms with van der Waals surface area (Å²) in [4.78, 5) is 41.1. The maximum atomic E-state index is 14.0. The summed E-state index contributed by atoms with van der Waals surface area (Å²) in [6, 6.07) is 13.1. The highest BCUT2D eigenvalue weighted by atomic mass is 16.6. The van der Waals surface area contributed by atoms with Crippen LogP contribution in [0.15, 0.2) is 48.5 Å². The Kier molecular flexibility index (Phi) is 7.96. The first-order valence-electron chi connectivity index (χ1n) is 11.9. The Labute approximate surface area is 212 Å². The Hall–Kier alpha value is -3.55. The minimum atomic E-state index is -1.10. The van der Waals surface area contributed by atoms with Gasteiger partial charge in [0.2, 0.25) is 0 Å². The Morgan fingerprint density at radius 1 is 0.972 bits per heavy atom. The molecule has 1 aliphatic heterocycles. The van der Waals surface area contributed by atoms with Crippen LogP contribution >= 0.6 is 0 Å². The van der Waals surface area contributed by atoms with E-state index in [9.17, 15) is 19.5 Å². The second kappa shape index (κ2) is 10.6. The number of ketones is 1. The molecule has 0 radical (unpaired) electrons. The Bertz CT molecular complexity index is 1090. The number of piperidine rings is 1.